The smallest absolute Gasteiger partial charge is 0.275 e. The van der Waals surface area contributed by atoms with Crippen molar-refractivity contribution < 1.29 is 14.3 Å². The van der Waals surface area contributed by atoms with E-state index in [0.29, 0.717) is 37.7 Å². The molecule has 32 heavy (non-hydrogen) atoms. The van der Waals surface area contributed by atoms with Crippen LogP contribution < -0.4 is 4.74 Å². The molecule has 2 aromatic heterocycles. The van der Waals surface area contributed by atoms with Gasteiger partial charge in [0.1, 0.15) is 5.75 Å². The number of aromatic nitrogens is 4. The van der Waals surface area contributed by atoms with Crippen LogP contribution in [-0.2, 0) is 17.6 Å². The van der Waals surface area contributed by atoms with Crippen molar-refractivity contribution in [1.29, 1.82) is 0 Å². The van der Waals surface area contributed by atoms with Crippen molar-refractivity contribution in [3.8, 4) is 22.8 Å². The number of methoxy groups -OCH3 is 1. The van der Waals surface area contributed by atoms with E-state index in [1.165, 1.54) is 0 Å². The molecule has 8 nitrogen and oxygen atoms in total. The number of rotatable bonds is 3. The fourth-order valence-corrected chi connectivity index (χ4v) is 5.01. The highest BCUT2D eigenvalue weighted by atomic mass is 79.9. The Kier molecular flexibility index (Phi) is 5.25. The van der Waals surface area contributed by atoms with Crippen LogP contribution >= 0.6 is 15.9 Å². The van der Waals surface area contributed by atoms with Crippen LogP contribution in [0.25, 0.3) is 17.1 Å². The largest absolute Gasteiger partial charge is 0.496 e. The summed E-state index contributed by atoms with van der Waals surface area (Å²) >= 11 is 3.61. The molecule has 2 aliphatic rings. The van der Waals surface area contributed by atoms with E-state index in [4.69, 9.17) is 14.6 Å². The third kappa shape index (κ3) is 3.40. The zero-order chi connectivity index (χ0) is 22.5. The first-order valence-electron chi connectivity index (χ1n) is 10.6. The van der Waals surface area contributed by atoms with Gasteiger partial charge in [0, 0.05) is 30.1 Å². The molecule has 9 heteroatoms. The lowest BCUT2D eigenvalue weighted by atomic mass is 9.88. The third-order valence-corrected chi connectivity index (χ3v) is 6.74. The van der Waals surface area contributed by atoms with Crippen LogP contribution in [0.5, 0.6) is 5.75 Å². The second kappa shape index (κ2) is 7.97. The average molecular weight is 498 g/mol. The van der Waals surface area contributed by atoms with E-state index in [2.05, 4.69) is 25.9 Å². The van der Waals surface area contributed by atoms with Gasteiger partial charge in [-0.2, -0.15) is 5.10 Å². The number of hydrogen-bond acceptors (Lipinski definition) is 6. The van der Waals surface area contributed by atoms with Gasteiger partial charge in [-0.1, -0.05) is 0 Å². The number of benzene rings is 1. The molecular weight excluding hydrogens is 474 g/mol. The lowest BCUT2D eigenvalue weighted by Crippen LogP contribution is -2.55. The van der Waals surface area contributed by atoms with E-state index in [-0.39, 0.29) is 5.91 Å². The van der Waals surface area contributed by atoms with Gasteiger partial charge in [0.2, 0.25) is 0 Å². The Balaban J connectivity index is 1.70. The summed E-state index contributed by atoms with van der Waals surface area (Å²) in [6.07, 6.45) is 6.41. The van der Waals surface area contributed by atoms with Crippen LogP contribution in [0.1, 0.15) is 35.5 Å². The number of morpholine rings is 1. The fraction of sp³-hybridized carbons (Fsp3) is 0.391. The van der Waals surface area contributed by atoms with Gasteiger partial charge < -0.3 is 14.4 Å². The zero-order valence-electron chi connectivity index (χ0n) is 18.3. The molecule has 0 unspecified atom stereocenters. The van der Waals surface area contributed by atoms with Crippen LogP contribution in [-0.4, -0.2) is 63.0 Å². The van der Waals surface area contributed by atoms with Gasteiger partial charge >= 0.3 is 0 Å². The average Bonchev–Trinajstić information content (AvgIpc) is 3.19. The fourth-order valence-electron chi connectivity index (χ4n) is 4.50. The second-order valence-electron chi connectivity index (χ2n) is 8.62. The van der Waals surface area contributed by atoms with Gasteiger partial charge in [0.05, 0.1) is 42.2 Å². The first-order valence-corrected chi connectivity index (χ1v) is 11.3. The van der Waals surface area contributed by atoms with Gasteiger partial charge in [0.25, 0.3) is 5.91 Å². The lowest BCUT2D eigenvalue weighted by molar-refractivity contribution is -0.0373. The van der Waals surface area contributed by atoms with Gasteiger partial charge in [-0.05, 0) is 60.3 Å². The standard InChI is InChI=1S/C23H24BrN5O3/c1-23(2)13-32-9-8-28(23)22(30)20-15-5-4-14-10-18(31-3)17(24)11-16(14)21(15)29(27-20)19-12-25-6-7-26-19/h6-7,10-12H,4-5,8-9,13H2,1-3H3. The molecule has 0 atom stereocenters. The van der Waals surface area contributed by atoms with E-state index in [9.17, 15) is 4.79 Å². The summed E-state index contributed by atoms with van der Waals surface area (Å²) in [5.41, 5.74) is 4.04. The molecule has 3 aromatic rings. The molecule has 1 aliphatic heterocycles. The number of halogens is 1. The minimum absolute atomic E-state index is 0.0757. The first-order chi connectivity index (χ1) is 15.4. The molecule has 1 aliphatic carbocycles. The lowest BCUT2D eigenvalue weighted by Gasteiger charge is -2.41. The Morgan fingerprint density at radius 3 is 2.81 bits per heavy atom. The van der Waals surface area contributed by atoms with E-state index >= 15 is 0 Å². The van der Waals surface area contributed by atoms with E-state index in [0.717, 1.165) is 39.0 Å². The second-order valence-corrected chi connectivity index (χ2v) is 9.47. The maximum Gasteiger partial charge on any atom is 0.275 e. The monoisotopic (exact) mass is 497 g/mol. The minimum Gasteiger partial charge on any atom is -0.496 e. The van der Waals surface area contributed by atoms with Gasteiger partial charge in [0.15, 0.2) is 11.5 Å². The summed E-state index contributed by atoms with van der Waals surface area (Å²) < 4.78 is 13.7. The van der Waals surface area contributed by atoms with E-state index in [1.54, 1.807) is 30.4 Å². The molecule has 0 spiro atoms. The van der Waals surface area contributed by atoms with Crippen molar-refractivity contribution in [2.45, 2.75) is 32.2 Å². The number of nitrogens with zero attached hydrogens (tertiary/aromatic N) is 5. The summed E-state index contributed by atoms with van der Waals surface area (Å²) in [4.78, 5) is 24.3. The highest BCUT2D eigenvalue weighted by Crippen LogP contribution is 2.41. The predicted octanol–water partition coefficient (Wildman–Crippen LogP) is 3.45. The minimum atomic E-state index is -0.401. The van der Waals surface area contributed by atoms with Crippen LogP contribution in [0, 0.1) is 0 Å². The van der Waals surface area contributed by atoms with Gasteiger partial charge in [-0.25, -0.2) is 9.67 Å². The zero-order valence-corrected chi connectivity index (χ0v) is 19.8. The van der Waals surface area contributed by atoms with Crippen molar-refractivity contribution in [2.75, 3.05) is 26.9 Å². The molecular formula is C23H24BrN5O3. The Labute approximate surface area is 194 Å². The Morgan fingerprint density at radius 1 is 1.25 bits per heavy atom. The maximum atomic E-state index is 13.7. The first kappa shape index (κ1) is 21.1. The van der Waals surface area contributed by atoms with Crippen LogP contribution in [0.15, 0.2) is 35.2 Å². The summed E-state index contributed by atoms with van der Waals surface area (Å²) in [6, 6.07) is 4.08. The molecule has 0 radical (unpaired) electrons. The number of hydrogen-bond donors (Lipinski definition) is 0. The summed E-state index contributed by atoms with van der Waals surface area (Å²) in [5, 5.41) is 4.81. The predicted molar refractivity (Wildman–Crippen MR) is 122 cm³/mol. The van der Waals surface area contributed by atoms with Crippen LogP contribution in [0.3, 0.4) is 0 Å². The number of aryl methyl sites for hydroxylation is 1. The Hall–Kier alpha value is -2.78. The van der Waals surface area contributed by atoms with Crippen molar-refractivity contribution in [3.63, 3.8) is 0 Å². The SMILES string of the molecule is COc1cc2c(cc1Br)-c1c(c(C(=O)N3CCOCC3(C)C)nn1-c1cnccn1)CC2. The van der Waals surface area contributed by atoms with Crippen LogP contribution in [0.4, 0.5) is 0 Å². The van der Waals surface area contributed by atoms with Crippen molar-refractivity contribution in [1.82, 2.24) is 24.6 Å². The maximum absolute atomic E-state index is 13.7. The van der Waals surface area contributed by atoms with Crippen LogP contribution in [0.2, 0.25) is 0 Å². The molecule has 0 N–H and O–H groups in total. The van der Waals surface area contributed by atoms with Gasteiger partial charge in [-0.3, -0.25) is 9.78 Å². The molecule has 1 fully saturated rings. The number of carbonyl (C=O) groups excluding carboxylic acids is 1. The van der Waals surface area contributed by atoms with Crippen molar-refractivity contribution in [3.05, 3.63) is 52.0 Å². The quantitative estimate of drug-likeness (QED) is 0.551. The molecule has 166 valence electrons. The number of ether oxygens (including phenoxy) is 2. The number of carbonyl (C=O) groups is 1. The topological polar surface area (TPSA) is 82.4 Å². The van der Waals surface area contributed by atoms with Crippen molar-refractivity contribution >= 4 is 21.8 Å². The molecule has 5 rings (SSSR count). The molecule has 1 saturated heterocycles. The molecule has 3 heterocycles. The molecule has 1 amide bonds. The Morgan fingerprint density at radius 2 is 2.09 bits per heavy atom. The van der Waals surface area contributed by atoms with E-state index < -0.39 is 5.54 Å². The summed E-state index contributed by atoms with van der Waals surface area (Å²) in [6.45, 7) is 5.61. The third-order valence-electron chi connectivity index (χ3n) is 6.12. The summed E-state index contributed by atoms with van der Waals surface area (Å²) in [5.74, 6) is 1.28. The summed E-state index contributed by atoms with van der Waals surface area (Å²) in [7, 11) is 1.66. The van der Waals surface area contributed by atoms with Crippen molar-refractivity contribution in [2.24, 2.45) is 0 Å². The highest BCUT2D eigenvalue weighted by Gasteiger charge is 2.38. The molecule has 0 bridgehead atoms. The normalized spacial score (nSPS) is 16.9. The molecule has 0 saturated carbocycles. The molecule has 1 aromatic carbocycles. The van der Waals surface area contributed by atoms with E-state index in [1.807, 2.05) is 30.9 Å². The number of fused-ring (bicyclic) bond motifs is 3. The number of amides is 1. The Bertz CT molecular complexity index is 1190. The van der Waals surface area contributed by atoms with Gasteiger partial charge in [-0.15, -0.1) is 0 Å². The highest BCUT2D eigenvalue weighted by molar-refractivity contribution is 9.10.